The summed E-state index contributed by atoms with van der Waals surface area (Å²) in [5.41, 5.74) is 7.32. The molecule has 1 fully saturated rings. The Bertz CT molecular complexity index is 336. The van der Waals surface area contributed by atoms with Crippen LogP contribution in [0.1, 0.15) is 25.8 Å². The first-order valence-corrected chi connectivity index (χ1v) is 5.56. The van der Waals surface area contributed by atoms with E-state index in [0.29, 0.717) is 0 Å². The average molecular weight is 209 g/mol. The fourth-order valence-corrected chi connectivity index (χ4v) is 2.08. The predicted octanol–water partition coefficient (Wildman–Crippen LogP) is 0.952. The molecule has 0 aliphatic carbocycles. The van der Waals surface area contributed by atoms with Crippen molar-refractivity contribution >= 4 is 0 Å². The molecule has 4 heteroatoms. The van der Waals surface area contributed by atoms with E-state index in [2.05, 4.69) is 25.1 Å². The Balaban J connectivity index is 2.07. The van der Waals surface area contributed by atoms with E-state index in [1.165, 1.54) is 5.56 Å². The zero-order valence-corrected chi connectivity index (χ0v) is 9.44. The highest BCUT2D eigenvalue weighted by atomic mass is 16.5. The maximum Gasteiger partial charge on any atom is 0.0730 e. The van der Waals surface area contributed by atoms with Crippen molar-refractivity contribution in [1.29, 1.82) is 0 Å². The summed E-state index contributed by atoms with van der Waals surface area (Å²) in [6.07, 6.45) is 5.91. The molecule has 2 heterocycles. The molecule has 0 aromatic carbocycles. The van der Waals surface area contributed by atoms with Crippen molar-refractivity contribution in [3.63, 3.8) is 0 Å². The Morgan fingerprint density at radius 3 is 3.07 bits per heavy atom. The number of ether oxygens (including phenoxy) is 1. The lowest BCUT2D eigenvalue weighted by molar-refractivity contribution is 0.0955. The first-order valence-electron chi connectivity index (χ1n) is 5.56. The third-order valence-electron chi connectivity index (χ3n) is 3.29. The van der Waals surface area contributed by atoms with Gasteiger partial charge in [-0.15, -0.1) is 0 Å². The van der Waals surface area contributed by atoms with Crippen LogP contribution in [-0.2, 0) is 17.7 Å². The van der Waals surface area contributed by atoms with E-state index in [1.54, 1.807) is 0 Å². The average Bonchev–Trinajstić information content (AvgIpc) is 2.76. The second kappa shape index (κ2) is 3.94. The van der Waals surface area contributed by atoms with Crippen LogP contribution in [-0.4, -0.2) is 28.0 Å². The number of nitrogens with two attached hydrogens (primary N) is 1. The van der Waals surface area contributed by atoms with Gasteiger partial charge in [-0.3, -0.25) is 4.68 Å². The molecular weight excluding hydrogens is 190 g/mol. The molecule has 15 heavy (non-hydrogen) atoms. The lowest BCUT2D eigenvalue weighted by Crippen LogP contribution is -2.47. The fourth-order valence-electron chi connectivity index (χ4n) is 2.08. The Kier molecular flexibility index (Phi) is 2.80. The Hall–Kier alpha value is -0.870. The fraction of sp³-hybridized carbons (Fsp3) is 0.727. The van der Waals surface area contributed by atoms with Crippen LogP contribution in [0.25, 0.3) is 0 Å². The molecule has 0 bridgehead atoms. The van der Waals surface area contributed by atoms with Crippen molar-refractivity contribution in [2.75, 3.05) is 6.61 Å². The molecule has 0 spiro atoms. The first kappa shape index (κ1) is 10.6. The van der Waals surface area contributed by atoms with Gasteiger partial charge in [0.05, 0.1) is 12.3 Å². The first-order chi connectivity index (χ1) is 7.14. The minimum Gasteiger partial charge on any atom is -0.377 e. The summed E-state index contributed by atoms with van der Waals surface area (Å²) >= 11 is 0. The number of aromatic nitrogens is 2. The summed E-state index contributed by atoms with van der Waals surface area (Å²) in [6, 6.07) is 0. The summed E-state index contributed by atoms with van der Waals surface area (Å²) in [4.78, 5) is 0. The standard InChI is InChI=1S/C11H19N3O/c1-3-14-8-10(7-13-14)6-11(12)4-5-15-9(11)2/h7-9H,3-6,12H2,1-2H3. The molecule has 2 unspecified atom stereocenters. The summed E-state index contributed by atoms with van der Waals surface area (Å²) in [7, 11) is 0. The Morgan fingerprint density at radius 2 is 2.53 bits per heavy atom. The van der Waals surface area contributed by atoms with E-state index in [0.717, 1.165) is 26.0 Å². The van der Waals surface area contributed by atoms with Crippen LogP contribution < -0.4 is 5.73 Å². The minimum atomic E-state index is -0.207. The highest BCUT2D eigenvalue weighted by Crippen LogP contribution is 2.26. The van der Waals surface area contributed by atoms with Gasteiger partial charge in [-0.1, -0.05) is 0 Å². The van der Waals surface area contributed by atoms with Gasteiger partial charge < -0.3 is 10.5 Å². The SMILES string of the molecule is CCn1cc(CC2(N)CCOC2C)cn1. The number of aryl methyl sites for hydroxylation is 1. The van der Waals surface area contributed by atoms with Crippen LogP contribution in [0.2, 0.25) is 0 Å². The largest absolute Gasteiger partial charge is 0.377 e. The maximum absolute atomic E-state index is 6.32. The number of nitrogens with zero attached hydrogens (tertiary/aromatic N) is 2. The van der Waals surface area contributed by atoms with Crippen LogP contribution >= 0.6 is 0 Å². The van der Waals surface area contributed by atoms with Gasteiger partial charge in [0.2, 0.25) is 0 Å². The van der Waals surface area contributed by atoms with Crippen molar-refractivity contribution in [2.24, 2.45) is 5.73 Å². The van der Waals surface area contributed by atoms with Gasteiger partial charge in [-0.2, -0.15) is 5.10 Å². The van der Waals surface area contributed by atoms with E-state index in [4.69, 9.17) is 10.5 Å². The summed E-state index contributed by atoms with van der Waals surface area (Å²) in [5.74, 6) is 0. The van der Waals surface area contributed by atoms with Crippen LogP contribution in [0.3, 0.4) is 0 Å². The minimum absolute atomic E-state index is 0.141. The summed E-state index contributed by atoms with van der Waals surface area (Å²) in [6.45, 7) is 5.82. The van der Waals surface area contributed by atoms with E-state index >= 15 is 0 Å². The number of hydrogen-bond donors (Lipinski definition) is 1. The van der Waals surface area contributed by atoms with Crippen molar-refractivity contribution in [1.82, 2.24) is 9.78 Å². The van der Waals surface area contributed by atoms with Crippen LogP contribution in [0.4, 0.5) is 0 Å². The molecule has 84 valence electrons. The van der Waals surface area contributed by atoms with E-state index in [1.807, 2.05) is 10.9 Å². The van der Waals surface area contributed by atoms with Gasteiger partial charge in [0.1, 0.15) is 0 Å². The van der Waals surface area contributed by atoms with Crippen molar-refractivity contribution < 1.29 is 4.74 Å². The molecule has 0 saturated carbocycles. The van der Waals surface area contributed by atoms with Crippen LogP contribution in [0, 0.1) is 0 Å². The van der Waals surface area contributed by atoms with Gasteiger partial charge in [0, 0.05) is 24.9 Å². The molecule has 0 amide bonds. The van der Waals surface area contributed by atoms with Crippen LogP contribution in [0.5, 0.6) is 0 Å². The second-order valence-electron chi connectivity index (χ2n) is 4.38. The summed E-state index contributed by atoms with van der Waals surface area (Å²) < 4.78 is 7.45. The van der Waals surface area contributed by atoms with E-state index in [-0.39, 0.29) is 11.6 Å². The molecule has 0 radical (unpaired) electrons. The molecular formula is C11H19N3O. The molecule has 4 nitrogen and oxygen atoms in total. The molecule has 1 aromatic heterocycles. The molecule has 1 aliphatic heterocycles. The van der Waals surface area contributed by atoms with E-state index < -0.39 is 0 Å². The second-order valence-corrected chi connectivity index (χ2v) is 4.38. The summed E-state index contributed by atoms with van der Waals surface area (Å²) in [5, 5.41) is 4.25. The van der Waals surface area contributed by atoms with Crippen molar-refractivity contribution in [3.05, 3.63) is 18.0 Å². The maximum atomic E-state index is 6.32. The van der Waals surface area contributed by atoms with Gasteiger partial charge in [-0.05, 0) is 32.3 Å². The smallest absolute Gasteiger partial charge is 0.0730 e. The molecule has 1 aromatic rings. The topological polar surface area (TPSA) is 53.1 Å². The number of rotatable bonds is 3. The molecule has 1 saturated heterocycles. The molecule has 2 rings (SSSR count). The van der Waals surface area contributed by atoms with Gasteiger partial charge >= 0.3 is 0 Å². The van der Waals surface area contributed by atoms with Gasteiger partial charge in [-0.25, -0.2) is 0 Å². The normalized spacial score (nSPS) is 31.0. The Morgan fingerprint density at radius 1 is 1.73 bits per heavy atom. The quantitative estimate of drug-likeness (QED) is 0.806. The molecule has 2 atom stereocenters. The van der Waals surface area contributed by atoms with Crippen molar-refractivity contribution in [3.8, 4) is 0 Å². The van der Waals surface area contributed by atoms with Crippen LogP contribution in [0.15, 0.2) is 12.4 Å². The lowest BCUT2D eigenvalue weighted by Gasteiger charge is -2.26. The zero-order valence-electron chi connectivity index (χ0n) is 9.44. The van der Waals surface area contributed by atoms with E-state index in [9.17, 15) is 0 Å². The number of hydrogen-bond acceptors (Lipinski definition) is 3. The van der Waals surface area contributed by atoms with Gasteiger partial charge in [0.15, 0.2) is 0 Å². The third-order valence-corrected chi connectivity index (χ3v) is 3.29. The lowest BCUT2D eigenvalue weighted by atomic mass is 9.87. The highest BCUT2D eigenvalue weighted by Gasteiger charge is 2.37. The monoisotopic (exact) mass is 209 g/mol. The van der Waals surface area contributed by atoms with Gasteiger partial charge in [0.25, 0.3) is 0 Å². The molecule has 1 aliphatic rings. The zero-order chi connectivity index (χ0) is 10.9. The highest BCUT2D eigenvalue weighted by molar-refractivity contribution is 5.12. The van der Waals surface area contributed by atoms with Crippen molar-refractivity contribution in [2.45, 2.75) is 44.9 Å². The molecule has 2 N–H and O–H groups in total. The third kappa shape index (κ3) is 2.06. The predicted molar refractivity (Wildman–Crippen MR) is 58.6 cm³/mol. The Labute approximate surface area is 90.4 Å².